The Labute approximate surface area is 118 Å². The molecule has 0 spiro atoms. The van der Waals surface area contributed by atoms with Crippen LogP contribution < -0.4 is 15.0 Å². The fourth-order valence-electron chi connectivity index (χ4n) is 1.52. The van der Waals surface area contributed by atoms with E-state index < -0.39 is 0 Å². The zero-order valence-corrected chi connectivity index (χ0v) is 12.0. The van der Waals surface area contributed by atoms with E-state index in [2.05, 4.69) is 20.9 Å². The Morgan fingerprint density at radius 3 is 2.63 bits per heavy atom. The molecule has 0 bridgehead atoms. The Balaban J connectivity index is 1.92. The third-order valence-corrected chi connectivity index (χ3v) is 3.06. The minimum Gasteiger partial charge on any atom is -0.497 e. The van der Waals surface area contributed by atoms with Gasteiger partial charge in [0.15, 0.2) is 0 Å². The van der Waals surface area contributed by atoms with Gasteiger partial charge in [0.1, 0.15) is 22.6 Å². The Morgan fingerprint density at radius 1 is 1.26 bits per heavy atom. The summed E-state index contributed by atoms with van der Waals surface area (Å²) in [6.07, 6.45) is 2.97. The number of ether oxygens (including phenoxy) is 2. The summed E-state index contributed by atoms with van der Waals surface area (Å²) < 4.78 is 12.5. The van der Waals surface area contributed by atoms with Gasteiger partial charge < -0.3 is 9.47 Å². The van der Waals surface area contributed by atoms with Crippen molar-refractivity contribution in [2.24, 2.45) is 0 Å². The summed E-state index contributed by atoms with van der Waals surface area (Å²) in [5.74, 6) is 1.51. The number of nitrogens with zero attached hydrogens (tertiary/aromatic N) is 2. The molecule has 0 unspecified atom stereocenters. The average Bonchev–Trinajstić information content (AvgIpc) is 2.44. The van der Waals surface area contributed by atoms with E-state index in [1.54, 1.807) is 7.11 Å². The minimum absolute atomic E-state index is 0.117. The van der Waals surface area contributed by atoms with Gasteiger partial charge in [-0.05, 0) is 40.2 Å². The Bertz CT molecular complexity index is 596. The molecule has 0 amide bonds. The fourth-order valence-corrected chi connectivity index (χ4v) is 1.86. The standard InChI is InChI=1S/C13H13BrN2O3/c1-18-10-2-4-11(5-3-10)19-7-6-16-9-15-8-12(14)13(16)17/h2-5,8-9H,6-7H2,1H3. The van der Waals surface area contributed by atoms with Crippen LogP contribution in [0.2, 0.25) is 0 Å². The van der Waals surface area contributed by atoms with Gasteiger partial charge in [-0.25, -0.2) is 4.98 Å². The van der Waals surface area contributed by atoms with Crippen molar-refractivity contribution in [3.05, 3.63) is 51.6 Å². The van der Waals surface area contributed by atoms with Crippen LogP contribution in [0, 0.1) is 0 Å². The molecular formula is C13H13BrN2O3. The second kappa shape index (κ2) is 6.38. The van der Waals surface area contributed by atoms with E-state index in [4.69, 9.17) is 9.47 Å². The maximum atomic E-state index is 11.7. The number of rotatable bonds is 5. The summed E-state index contributed by atoms with van der Waals surface area (Å²) >= 11 is 3.15. The molecule has 0 saturated heterocycles. The van der Waals surface area contributed by atoms with Gasteiger partial charge in [0.25, 0.3) is 5.56 Å². The van der Waals surface area contributed by atoms with E-state index in [1.165, 1.54) is 17.1 Å². The first kappa shape index (κ1) is 13.6. The lowest BCUT2D eigenvalue weighted by Crippen LogP contribution is -2.23. The topological polar surface area (TPSA) is 53.4 Å². The van der Waals surface area contributed by atoms with Gasteiger partial charge in [0.05, 0.1) is 20.0 Å². The van der Waals surface area contributed by atoms with E-state index >= 15 is 0 Å². The van der Waals surface area contributed by atoms with Crippen molar-refractivity contribution in [2.75, 3.05) is 13.7 Å². The maximum Gasteiger partial charge on any atom is 0.267 e. The third-order valence-electron chi connectivity index (χ3n) is 2.52. The lowest BCUT2D eigenvalue weighted by atomic mass is 10.3. The smallest absolute Gasteiger partial charge is 0.267 e. The first-order chi connectivity index (χ1) is 9.20. The van der Waals surface area contributed by atoms with Crippen LogP contribution in [0.1, 0.15) is 0 Å². The molecular weight excluding hydrogens is 312 g/mol. The summed E-state index contributed by atoms with van der Waals surface area (Å²) in [6, 6.07) is 7.28. The minimum atomic E-state index is -0.117. The molecule has 0 saturated carbocycles. The van der Waals surface area contributed by atoms with Gasteiger partial charge in [0.2, 0.25) is 0 Å². The molecule has 0 N–H and O–H groups in total. The summed E-state index contributed by atoms with van der Waals surface area (Å²) in [4.78, 5) is 15.6. The van der Waals surface area contributed by atoms with Crippen molar-refractivity contribution in [1.29, 1.82) is 0 Å². The normalized spacial score (nSPS) is 10.2. The lowest BCUT2D eigenvalue weighted by Gasteiger charge is -2.08. The van der Waals surface area contributed by atoms with Crippen LogP contribution >= 0.6 is 15.9 Å². The van der Waals surface area contributed by atoms with E-state index in [-0.39, 0.29) is 5.56 Å². The van der Waals surface area contributed by atoms with Crippen molar-refractivity contribution in [1.82, 2.24) is 9.55 Å². The van der Waals surface area contributed by atoms with E-state index in [0.717, 1.165) is 11.5 Å². The zero-order valence-electron chi connectivity index (χ0n) is 10.4. The summed E-state index contributed by atoms with van der Waals surface area (Å²) in [5.41, 5.74) is -0.117. The molecule has 1 aromatic heterocycles. The Kier molecular flexibility index (Phi) is 4.57. The average molecular weight is 325 g/mol. The fraction of sp³-hybridized carbons (Fsp3) is 0.231. The summed E-state index contributed by atoms with van der Waals surface area (Å²) in [7, 11) is 1.61. The number of halogens is 1. The number of aromatic nitrogens is 2. The van der Waals surface area contributed by atoms with Gasteiger partial charge in [-0.15, -0.1) is 0 Å². The molecule has 0 radical (unpaired) electrons. The van der Waals surface area contributed by atoms with Crippen LogP contribution in [0.5, 0.6) is 11.5 Å². The predicted molar refractivity (Wildman–Crippen MR) is 74.7 cm³/mol. The molecule has 100 valence electrons. The zero-order chi connectivity index (χ0) is 13.7. The van der Waals surface area contributed by atoms with Crippen molar-refractivity contribution in [2.45, 2.75) is 6.54 Å². The Morgan fingerprint density at radius 2 is 1.95 bits per heavy atom. The van der Waals surface area contributed by atoms with Crippen LogP contribution in [-0.4, -0.2) is 23.3 Å². The van der Waals surface area contributed by atoms with E-state index in [1.807, 2.05) is 24.3 Å². The van der Waals surface area contributed by atoms with Crippen molar-refractivity contribution >= 4 is 15.9 Å². The van der Waals surface area contributed by atoms with Crippen LogP contribution in [0.25, 0.3) is 0 Å². The first-order valence-electron chi connectivity index (χ1n) is 5.67. The molecule has 0 fully saturated rings. The largest absolute Gasteiger partial charge is 0.497 e. The quantitative estimate of drug-likeness (QED) is 0.845. The van der Waals surface area contributed by atoms with E-state index in [9.17, 15) is 4.79 Å². The van der Waals surface area contributed by atoms with Crippen LogP contribution in [0.15, 0.2) is 46.1 Å². The van der Waals surface area contributed by atoms with Crippen molar-refractivity contribution in [3.8, 4) is 11.5 Å². The molecule has 2 rings (SSSR count). The Hall–Kier alpha value is -1.82. The molecule has 2 aromatic rings. The van der Waals surface area contributed by atoms with Crippen LogP contribution in [-0.2, 0) is 6.54 Å². The van der Waals surface area contributed by atoms with Gasteiger partial charge in [-0.3, -0.25) is 9.36 Å². The highest BCUT2D eigenvalue weighted by molar-refractivity contribution is 9.10. The van der Waals surface area contributed by atoms with E-state index in [0.29, 0.717) is 17.6 Å². The maximum absolute atomic E-state index is 11.7. The first-order valence-corrected chi connectivity index (χ1v) is 6.47. The summed E-state index contributed by atoms with van der Waals surface area (Å²) in [5, 5.41) is 0. The molecule has 19 heavy (non-hydrogen) atoms. The van der Waals surface area contributed by atoms with Crippen LogP contribution in [0.4, 0.5) is 0 Å². The van der Waals surface area contributed by atoms with Crippen LogP contribution in [0.3, 0.4) is 0 Å². The number of benzene rings is 1. The lowest BCUT2D eigenvalue weighted by molar-refractivity contribution is 0.295. The number of hydrogen-bond acceptors (Lipinski definition) is 4. The van der Waals surface area contributed by atoms with Gasteiger partial charge in [-0.2, -0.15) is 0 Å². The molecule has 1 heterocycles. The molecule has 0 aliphatic heterocycles. The SMILES string of the molecule is COc1ccc(OCCn2cncc(Br)c2=O)cc1. The van der Waals surface area contributed by atoms with Crippen molar-refractivity contribution < 1.29 is 9.47 Å². The third kappa shape index (κ3) is 3.57. The van der Waals surface area contributed by atoms with Gasteiger partial charge >= 0.3 is 0 Å². The molecule has 0 aliphatic carbocycles. The highest BCUT2D eigenvalue weighted by atomic mass is 79.9. The second-order valence-electron chi connectivity index (χ2n) is 3.76. The van der Waals surface area contributed by atoms with Gasteiger partial charge in [-0.1, -0.05) is 0 Å². The number of methoxy groups -OCH3 is 1. The molecule has 0 atom stereocenters. The monoisotopic (exact) mass is 324 g/mol. The highest BCUT2D eigenvalue weighted by Crippen LogP contribution is 2.16. The van der Waals surface area contributed by atoms with Crippen molar-refractivity contribution in [3.63, 3.8) is 0 Å². The van der Waals surface area contributed by atoms with Gasteiger partial charge in [0, 0.05) is 6.20 Å². The second-order valence-corrected chi connectivity index (χ2v) is 4.62. The predicted octanol–water partition coefficient (Wildman–Crippen LogP) is 2.09. The molecule has 5 nitrogen and oxygen atoms in total. The molecule has 6 heteroatoms. The number of hydrogen-bond donors (Lipinski definition) is 0. The molecule has 0 aliphatic rings. The highest BCUT2D eigenvalue weighted by Gasteiger charge is 2.01. The summed E-state index contributed by atoms with van der Waals surface area (Å²) in [6.45, 7) is 0.835. The molecule has 1 aromatic carbocycles.